The molecule has 2 heterocycles. The fraction of sp³-hybridized carbons (Fsp3) is 0.722. The van der Waals surface area contributed by atoms with Crippen molar-refractivity contribution < 1.29 is 14.1 Å². The largest absolute Gasteiger partial charge is 0.415 e. The topological polar surface area (TPSA) is 42.0 Å². The summed E-state index contributed by atoms with van der Waals surface area (Å²) in [4.78, 5) is 20.0. The van der Waals surface area contributed by atoms with Crippen LogP contribution in [-0.2, 0) is 9.26 Å². The van der Waals surface area contributed by atoms with Crippen molar-refractivity contribution in [2.75, 3.05) is 19.8 Å². The molecule has 2 aliphatic heterocycles. The summed E-state index contributed by atoms with van der Waals surface area (Å²) in [6, 6.07) is 1.03. The summed E-state index contributed by atoms with van der Waals surface area (Å²) in [6.45, 7) is 18.6. The Morgan fingerprint density at radius 3 is 2.67 bits per heavy atom. The molecule has 0 N–H and O–H groups in total. The molecule has 2 aliphatic rings. The number of nitrogens with zero attached hydrogens (tertiary/aromatic N) is 2. The van der Waals surface area contributed by atoms with E-state index in [1.165, 1.54) is 10.6 Å². The second-order valence-electron chi connectivity index (χ2n) is 8.65. The third-order valence-corrected chi connectivity index (χ3v) is 7.26. The molecule has 1 saturated heterocycles. The molecule has 2 bridgehead atoms. The lowest BCUT2D eigenvalue weighted by molar-refractivity contribution is -0.109. The summed E-state index contributed by atoms with van der Waals surface area (Å²) in [5, 5.41) is 1.49. The fourth-order valence-electron chi connectivity index (χ4n) is 3.76. The van der Waals surface area contributed by atoms with Crippen LogP contribution < -0.4 is 0 Å². The minimum atomic E-state index is -1.76. The third kappa shape index (κ3) is 4.49. The van der Waals surface area contributed by atoms with Crippen molar-refractivity contribution in [2.45, 2.75) is 58.9 Å². The molecule has 2 rings (SSSR count). The van der Waals surface area contributed by atoms with Crippen molar-refractivity contribution in [1.29, 1.82) is 0 Å². The zero-order chi connectivity index (χ0) is 18.1. The second-order valence-corrected chi connectivity index (χ2v) is 12.8. The van der Waals surface area contributed by atoms with Crippen LogP contribution in [-0.4, -0.2) is 56.2 Å². The van der Waals surface area contributed by atoms with Gasteiger partial charge in [-0.05, 0) is 37.0 Å². The van der Waals surface area contributed by atoms with Crippen LogP contribution in [0.3, 0.4) is 0 Å². The van der Waals surface area contributed by atoms with E-state index in [1.54, 1.807) is 6.08 Å². The molecule has 136 valence electrons. The number of hydroxylamine groups is 2. The first-order valence-corrected chi connectivity index (χ1v) is 11.8. The molecule has 0 aromatic rings. The zero-order valence-electron chi connectivity index (χ0n) is 16.0. The highest BCUT2D eigenvalue weighted by Crippen LogP contribution is 2.32. The van der Waals surface area contributed by atoms with Crippen LogP contribution in [0.4, 0.5) is 4.79 Å². The predicted molar refractivity (Wildman–Crippen MR) is 99.1 cm³/mol. The van der Waals surface area contributed by atoms with E-state index in [0.29, 0.717) is 19.8 Å². The van der Waals surface area contributed by atoms with E-state index in [1.807, 2.05) is 4.90 Å². The van der Waals surface area contributed by atoms with Crippen LogP contribution in [0.2, 0.25) is 19.1 Å². The van der Waals surface area contributed by atoms with Crippen LogP contribution in [0.1, 0.15) is 27.7 Å². The maximum absolute atomic E-state index is 12.6. The van der Waals surface area contributed by atoms with E-state index in [9.17, 15) is 4.79 Å². The third-order valence-electron chi connectivity index (χ3n) is 4.40. The van der Waals surface area contributed by atoms with Gasteiger partial charge >= 0.3 is 6.03 Å². The molecular weight excluding hydrogens is 320 g/mol. The number of fused-ring (bicyclic) bond motifs is 2. The summed E-state index contributed by atoms with van der Waals surface area (Å²) in [7, 11) is -1.76. The van der Waals surface area contributed by atoms with Gasteiger partial charge in [0.1, 0.15) is 0 Å². The molecule has 2 amide bonds. The zero-order valence-corrected chi connectivity index (χ0v) is 17.0. The molecule has 0 aromatic carbocycles. The highest BCUT2D eigenvalue weighted by Gasteiger charge is 2.45. The number of urea groups is 1. The summed E-state index contributed by atoms with van der Waals surface area (Å²) in [5.41, 5.74) is 1.43. The highest BCUT2D eigenvalue weighted by molar-refractivity contribution is 6.71. The molecule has 5 nitrogen and oxygen atoms in total. The van der Waals surface area contributed by atoms with Gasteiger partial charge in [0, 0.05) is 0 Å². The molecule has 0 spiro atoms. The summed E-state index contributed by atoms with van der Waals surface area (Å²) >= 11 is 0. The Hall–Kier alpha value is -1.11. The Kier molecular flexibility index (Phi) is 5.62. The van der Waals surface area contributed by atoms with Crippen LogP contribution in [0.5, 0.6) is 0 Å². The number of carbonyl (C=O) groups is 1. The second kappa shape index (κ2) is 7.02. The van der Waals surface area contributed by atoms with E-state index in [0.717, 1.165) is 6.04 Å². The average molecular weight is 353 g/mol. The minimum absolute atomic E-state index is 0.00201. The maximum atomic E-state index is 12.6. The molecule has 0 radical (unpaired) electrons. The lowest BCUT2D eigenvalue weighted by atomic mass is 10.0. The standard InChI is InChI=1S/C18H32N2O3Si/c1-8-9-22-20-16-11-19(17(20)21)15(10-14(16)2)12-23-24(6,7)13-18(3,4)5/h8,10,15-16H,1,9,11-13H2,2-7H3/t15-,16-/m0/s1. The normalized spacial score (nSPS) is 24.4. The van der Waals surface area contributed by atoms with Crippen LogP contribution in [0.15, 0.2) is 24.3 Å². The Morgan fingerprint density at radius 1 is 1.42 bits per heavy atom. The maximum Gasteiger partial charge on any atom is 0.345 e. The van der Waals surface area contributed by atoms with Gasteiger partial charge in [0.25, 0.3) is 0 Å². The number of carbonyl (C=O) groups excluding carboxylic acids is 1. The molecular formula is C18H32N2O3Si. The number of hydrogen-bond acceptors (Lipinski definition) is 3. The van der Waals surface area contributed by atoms with Gasteiger partial charge in [-0.1, -0.05) is 32.9 Å². The van der Waals surface area contributed by atoms with Crippen molar-refractivity contribution in [1.82, 2.24) is 9.96 Å². The van der Waals surface area contributed by atoms with Crippen LogP contribution in [0.25, 0.3) is 0 Å². The van der Waals surface area contributed by atoms with Gasteiger partial charge in [0.2, 0.25) is 0 Å². The van der Waals surface area contributed by atoms with Gasteiger partial charge in [-0.25, -0.2) is 4.79 Å². The van der Waals surface area contributed by atoms with E-state index in [-0.39, 0.29) is 23.5 Å². The van der Waals surface area contributed by atoms with Gasteiger partial charge in [-0.15, -0.1) is 6.58 Å². The Balaban J connectivity index is 2.02. The predicted octanol–water partition coefficient (Wildman–Crippen LogP) is 3.81. The van der Waals surface area contributed by atoms with Crippen molar-refractivity contribution in [3.05, 3.63) is 24.3 Å². The van der Waals surface area contributed by atoms with Crippen LogP contribution in [0, 0.1) is 5.41 Å². The number of hydrogen-bond donors (Lipinski definition) is 0. The molecule has 0 saturated carbocycles. The van der Waals surface area contributed by atoms with Gasteiger partial charge in [-0.2, -0.15) is 5.06 Å². The van der Waals surface area contributed by atoms with Crippen molar-refractivity contribution >= 4 is 14.3 Å². The Bertz CT molecular complexity index is 525. The molecule has 2 atom stereocenters. The summed E-state index contributed by atoms with van der Waals surface area (Å²) < 4.78 is 6.33. The smallest absolute Gasteiger partial charge is 0.345 e. The average Bonchev–Trinajstić information content (AvgIpc) is 2.71. The monoisotopic (exact) mass is 352 g/mol. The fourth-order valence-corrected chi connectivity index (χ4v) is 7.04. The van der Waals surface area contributed by atoms with Gasteiger partial charge in [-0.3, -0.25) is 4.84 Å². The molecule has 24 heavy (non-hydrogen) atoms. The van der Waals surface area contributed by atoms with Gasteiger partial charge in [0.15, 0.2) is 8.32 Å². The molecule has 6 heteroatoms. The first-order chi connectivity index (χ1) is 11.0. The first-order valence-electron chi connectivity index (χ1n) is 8.70. The van der Waals surface area contributed by atoms with Crippen molar-refractivity contribution in [3.8, 4) is 0 Å². The van der Waals surface area contributed by atoms with Crippen molar-refractivity contribution in [3.63, 3.8) is 0 Å². The van der Waals surface area contributed by atoms with E-state index >= 15 is 0 Å². The SMILES string of the molecule is C=CCON1C(=O)N2C[C@H]1C(C)=C[C@H]2CO[Si](C)(C)CC(C)(C)C. The summed E-state index contributed by atoms with van der Waals surface area (Å²) in [5.74, 6) is 0. The molecule has 0 aliphatic carbocycles. The van der Waals surface area contributed by atoms with E-state index in [4.69, 9.17) is 9.26 Å². The lowest BCUT2D eigenvalue weighted by Gasteiger charge is -2.34. The highest BCUT2D eigenvalue weighted by atomic mass is 28.4. The summed E-state index contributed by atoms with van der Waals surface area (Å²) in [6.07, 6.45) is 3.82. The minimum Gasteiger partial charge on any atom is -0.415 e. The van der Waals surface area contributed by atoms with Crippen LogP contribution >= 0.6 is 0 Å². The molecule has 0 unspecified atom stereocenters. The van der Waals surface area contributed by atoms with Gasteiger partial charge in [0.05, 0.1) is 31.8 Å². The number of amides is 2. The van der Waals surface area contributed by atoms with E-state index in [2.05, 4.69) is 53.4 Å². The van der Waals surface area contributed by atoms with Crippen molar-refractivity contribution in [2.24, 2.45) is 5.41 Å². The van der Waals surface area contributed by atoms with E-state index < -0.39 is 8.32 Å². The first kappa shape index (κ1) is 19.2. The number of rotatable bonds is 7. The van der Waals surface area contributed by atoms with Gasteiger partial charge < -0.3 is 9.33 Å². The molecule has 0 aromatic heterocycles. The Labute approximate surface area is 147 Å². The Morgan fingerprint density at radius 2 is 2.08 bits per heavy atom. The molecule has 1 fully saturated rings. The quantitative estimate of drug-likeness (QED) is 0.517. The lowest BCUT2D eigenvalue weighted by Crippen LogP contribution is -2.45.